The Morgan fingerprint density at radius 2 is 2.14 bits per heavy atom. The number of thiophene rings is 1. The van der Waals surface area contributed by atoms with Crippen molar-refractivity contribution in [1.82, 2.24) is 0 Å². The van der Waals surface area contributed by atoms with Gasteiger partial charge in [0.05, 0.1) is 6.42 Å². The summed E-state index contributed by atoms with van der Waals surface area (Å²) in [5, 5.41) is 1.44. The van der Waals surface area contributed by atoms with E-state index in [2.05, 4.69) is 0 Å². The molecule has 0 atom stereocenters. The third-order valence-corrected chi connectivity index (χ3v) is 3.33. The van der Waals surface area contributed by atoms with Crippen molar-refractivity contribution in [2.75, 3.05) is 0 Å². The minimum Gasteiger partial charge on any atom is -0.281 e. The Kier molecular flexibility index (Phi) is 2.77. The van der Waals surface area contributed by atoms with E-state index in [1.165, 1.54) is 0 Å². The van der Waals surface area contributed by atoms with Gasteiger partial charge in [-0.25, -0.2) is 0 Å². The summed E-state index contributed by atoms with van der Waals surface area (Å²) in [6, 6.07) is 7.62. The molecule has 1 aromatic carbocycles. The number of benzene rings is 1. The molecule has 1 aromatic heterocycles. The van der Waals surface area contributed by atoms with Gasteiger partial charge in [0.25, 0.3) is 0 Å². The van der Waals surface area contributed by atoms with E-state index in [9.17, 15) is 4.79 Å². The number of carbonyl (C=O) groups is 1. The molecule has 0 saturated carbocycles. The fourth-order valence-corrected chi connectivity index (χ4v) is 2.74. The zero-order valence-electron chi connectivity index (χ0n) is 7.09. The third-order valence-electron chi connectivity index (χ3n) is 1.84. The molecule has 0 aliphatic carbocycles. The number of hydrogen-bond acceptors (Lipinski definition) is 2. The molecule has 0 N–H and O–H groups in total. The molecule has 72 valence electrons. The van der Waals surface area contributed by atoms with Crippen LogP contribution in [0.25, 0.3) is 10.1 Å². The predicted octanol–water partition coefficient (Wildman–Crippen LogP) is 3.86. The fraction of sp³-hybridized carbons (Fsp3) is 0.100. The first-order valence-corrected chi connectivity index (χ1v) is 5.59. The van der Waals surface area contributed by atoms with Gasteiger partial charge in [0.1, 0.15) is 0 Å². The molecular weight excluding hydrogens is 239 g/mol. The van der Waals surface area contributed by atoms with E-state index < -0.39 is 0 Å². The van der Waals surface area contributed by atoms with Gasteiger partial charge in [-0.1, -0.05) is 11.6 Å². The van der Waals surface area contributed by atoms with E-state index >= 15 is 0 Å². The van der Waals surface area contributed by atoms with Crippen LogP contribution in [0.3, 0.4) is 0 Å². The summed E-state index contributed by atoms with van der Waals surface area (Å²) >= 11 is 12.7. The first-order chi connectivity index (χ1) is 6.65. The lowest BCUT2D eigenvalue weighted by Crippen LogP contribution is -1.88. The van der Waals surface area contributed by atoms with Gasteiger partial charge in [0.15, 0.2) is 0 Å². The number of halogens is 2. The van der Waals surface area contributed by atoms with Crippen molar-refractivity contribution >= 4 is 49.9 Å². The van der Waals surface area contributed by atoms with Crippen molar-refractivity contribution in [2.45, 2.75) is 6.42 Å². The van der Waals surface area contributed by atoms with Crippen molar-refractivity contribution in [3.05, 3.63) is 34.2 Å². The largest absolute Gasteiger partial charge is 0.281 e. The topological polar surface area (TPSA) is 17.1 Å². The normalized spacial score (nSPS) is 10.7. The number of fused-ring (bicyclic) bond motifs is 1. The van der Waals surface area contributed by atoms with Gasteiger partial charge in [0.2, 0.25) is 5.24 Å². The Hall–Kier alpha value is -0.570. The molecule has 0 saturated heterocycles. The minimum absolute atomic E-state index is 0.290. The molecule has 2 aromatic rings. The van der Waals surface area contributed by atoms with Crippen molar-refractivity contribution < 1.29 is 4.79 Å². The molecule has 0 fully saturated rings. The monoisotopic (exact) mass is 244 g/mol. The van der Waals surface area contributed by atoms with E-state index in [0.29, 0.717) is 11.4 Å². The quantitative estimate of drug-likeness (QED) is 0.734. The summed E-state index contributed by atoms with van der Waals surface area (Å²) in [4.78, 5) is 11.7. The van der Waals surface area contributed by atoms with Crippen molar-refractivity contribution in [3.63, 3.8) is 0 Å². The Bertz CT molecular complexity index is 490. The van der Waals surface area contributed by atoms with E-state index in [1.54, 1.807) is 11.3 Å². The maximum absolute atomic E-state index is 10.7. The Morgan fingerprint density at radius 1 is 1.36 bits per heavy atom. The molecule has 14 heavy (non-hydrogen) atoms. The van der Waals surface area contributed by atoms with Gasteiger partial charge in [-0.2, -0.15) is 0 Å². The van der Waals surface area contributed by atoms with E-state index in [-0.39, 0.29) is 5.24 Å². The van der Waals surface area contributed by atoms with E-state index in [4.69, 9.17) is 23.2 Å². The first kappa shape index (κ1) is 9.97. The number of hydrogen-bond donors (Lipinski definition) is 0. The molecular formula is C10H6Cl2OS. The van der Waals surface area contributed by atoms with Crippen LogP contribution in [-0.4, -0.2) is 5.24 Å². The summed E-state index contributed by atoms with van der Waals surface area (Å²) in [6.07, 6.45) is 0.290. The molecule has 4 heteroatoms. The molecule has 0 radical (unpaired) electrons. The van der Waals surface area contributed by atoms with Gasteiger partial charge in [-0.15, -0.1) is 11.3 Å². The second-order valence-electron chi connectivity index (χ2n) is 2.93. The lowest BCUT2D eigenvalue weighted by atomic mass is 10.2. The molecule has 1 nitrogen and oxygen atoms in total. The predicted molar refractivity (Wildman–Crippen MR) is 61.4 cm³/mol. The number of rotatable bonds is 2. The van der Waals surface area contributed by atoms with Gasteiger partial charge >= 0.3 is 0 Å². The van der Waals surface area contributed by atoms with Gasteiger partial charge in [-0.05, 0) is 41.3 Å². The second kappa shape index (κ2) is 3.89. The van der Waals surface area contributed by atoms with Crippen LogP contribution in [0.1, 0.15) is 4.88 Å². The highest BCUT2D eigenvalue weighted by molar-refractivity contribution is 7.19. The van der Waals surface area contributed by atoms with Gasteiger partial charge < -0.3 is 0 Å². The number of carbonyl (C=O) groups excluding carboxylic acids is 1. The minimum atomic E-state index is -0.331. The summed E-state index contributed by atoms with van der Waals surface area (Å²) in [7, 11) is 0. The zero-order chi connectivity index (χ0) is 10.1. The Balaban J connectivity index is 2.46. The summed E-state index contributed by atoms with van der Waals surface area (Å²) < 4.78 is 1.13. The molecule has 0 unspecified atom stereocenters. The molecule has 0 amide bonds. The molecule has 0 aliphatic heterocycles. The van der Waals surface area contributed by atoms with Crippen LogP contribution in [0.5, 0.6) is 0 Å². The van der Waals surface area contributed by atoms with Crippen LogP contribution < -0.4 is 0 Å². The van der Waals surface area contributed by atoms with Crippen LogP contribution in [0.2, 0.25) is 5.02 Å². The summed E-state index contributed by atoms with van der Waals surface area (Å²) in [5.74, 6) is 0. The Labute approximate surface area is 95.3 Å². The molecule has 0 spiro atoms. The molecule has 0 bridgehead atoms. The van der Waals surface area contributed by atoms with Crippen LogP contribution in [0, 0.1) is 0 Å². The van der Waals surface area contributed by atoms with Crippen LogP contribution in [-0.2, 0) is 11.2 Å². The Morgan fingerprint density at radius 3 is 2.86 bits per heavy atom. The summed E-state index contributed by atoms with van der Waals surface area (Å²) in [6.45, 7) is 0. The average molecular weight is 245 g/mol. The van der Waals surface area contributed by atoms with Gasteiger partial charge in [0, 0.05) is 14.6 Å². The lowest BCUT2D eigenvalue weighted by Gasteiger charge is -1.88. The highest BCUT2D eigenvalue weighted by Gasteiger charge is 2.05. The van der Waals surface area contributed by atoms with E-state index in [0.717, 1.165) is 15.0 Å². The van der Waals surface area contributed by atoms with Crippen LogP contribution in [0.15, 0.2) is 24.3 Å². The van der Waals surface area contributed by atoms with Crippen LogP contribution >= 0.6 is 34.5 Å². The standard InChI is InChI=1S/C10H6Cl2OS/c11-7-1-2-9-6(3-7)4-8(14-9)5-10(12)13/h1-4H,5H2. The zero-order valence-corrected chi connectivity index (χ0v) is 9.42. The third kappa shape index (κ3) is 2.08. The van der Waals surface area contributed by atoms with Crippen molar-refractivity contribution in [1.29, 1.82) is 0 Å². The summed E-state index contributed by atoms with van der Waals surface area (Å²) in [5.41, 5.74) is 0. The molecule has 0 aliphatic rings. The maximum Gasteiger partial charge on any atom is 0.226 e. The van der Waals surface area contributed by atoms with Crippen LogP contribution in [0.4, 0.5) is 0 Å². The fourth-order valence-electron chi connectivity index (χ4n) is 1.29. The van der Waals surface area contributed by atoms with Crippen molar-refractivity contribution in [3.8, 4) is 0 Å². The highest BCUT2D eigenvalue weighted by Crippen LogP contribution is 2.28. The average Bonchev–Trinajstić information content (AvgIpc) is 2.44. The van der Waals surface area contributed by atoms with Gasteiger partial charge in [-0.3, -0.25) is 4.79 Å². The van der Waals surface area contributed by atoms with E-state index in [1.807, 2.05) is 24.3 Å². The second-order valence-corrected chi connectivity index (χ2v) is 4.95. The molecule has 2 rings (SSSR count). The molecule has 1 heterocycles. The first-order valence-electron chi connectivity index (χ1n) is 4.01. The lowest BCUT2D eigenvalue weighted by molar-refractivity contribution is -0.111. The van der Waals surface area contributed by atoms with Crippen molar-refractivity contribution in [2.24, 2.45) is 0 Å². The SMILES string of the molecule is O=C(Cl)Cc1cc2cc(Cl)ccc2s1. The maximum atomic E-state index is 10.7. The smallest absolute Gasteiger partial charge is 0.226 e. The highest BCUT2D eigenvalue weighted by atomic mass is 35.5.